The van der Waals surface area contributed by atoms with E-state index in [1.165, 1.54) is 0 Å². The second-order valence-corrected chi connectivity index (χ2v) is 6.06. The van der Waals surface area contributed by atoms with Crippen molar-refractivity contribution in [2.24, 2.45) is 7.05 Å². The van der Waals surface area contributed by atoms with E-state index < -0.39 is 0 Å². The minimum Gasteiger partial charge on any atom is -0.382 e. The zero-order valence-electron chi connectivity index (χ0n) is 13.0. The van der Waals surface area contributed by atoms with Crippen LogP contribution in [0.3, 0.4) is 0 Å². The van der Waals surface area contributed by atoms with E-state index in [1.807, 2.05) is 49.4 Å². The Bertz CT molecular complexity index is 493. The number of hydrogen-bond acceptors (Lipinski definition) is 3. The quantitative estimate of drug-likeness (QED) is 0.844. The van der Waals surface area contributed by atoms with Crippen LogP contribution in [0.1, 0.15) is 30.0 Å². The third-order valence-corrected chi connectivity index (χ3v) is 3.71. The average molecular weight is 280 g/mol. The number of aromatic nitrogens is 1. The van der Waals surface area contributed by atoms with Crippen LogP contribution in [-0.4, -0.2) is 53.9 Å². The summed E-state index contributed by atoms with van der Waals surface area (Å²) in [6.07, 6.45) is -0.0749. The van der Waals surface area contributed by atoms with E-state index >= 15 is 0 Å². The van der Waals surface area contributed by atoms with Crippen LogP contribution >= 0.6 is 0 Å². The lowest BCUT2D eigenvalue weighted by Gasteiger charge is -2.42. The molecule has 1 aromatic heterocycles. The predicted molar refractivity (Wildman–Crippen MR) is 76.9 cm³/mol. The van der Waals surface area contributed by atoms with E-state index in [4.69, 9.17) is 9.47 Å². The van der Waals surface area contributed by atoms with Gasteiger partial charge in [-0.15, -0.1) is 0 Å². The van der Waals surface area contributed by atoms with Gasteiger partial charge in [-0.2, -0.15) is 0 Å². The zero-order chi connectivity index (χ0) is 14.9. The first-order valence-corrected chi connectivity index (χ1v) is 6.92. The highest BCUT2D eigenvalue weighted by molar-refractivity contribution is 5.93. The Balaban J connectivity index is 2.18. The minimum atomic E-state index is -0.350. The number of ether oxygens (including phenoxy) is 2. The Morgan fingerprint density at radius 1 is 1.50 bits per heavy atom. The highest BCUT2D eigenvalue weighted by Crippen LogP contribution is 2.23. The van der Waals surface area contributed by atoms with E-state index in [-0.39, 0.29) is 17.6 Å². The molecule has 20 heavy (non-hydrogen) atoms. The fourth-order valence-corrected chi connectivity index (χ4v) is 2.71. The summed E-state index contributed by atoms with van der Waals surface area (Å²) in [6, 6.07) is 3.84. The molecule has 0 aromatic carbocycles. The molecule has 0 aliphatic carbocycles. The Kier molecular flexibility index (Phi) is 4.20. The molecule has 1 amide bonds. The molecule has 0 N–H and O–H groups in total. The second-order valence-electron chi connectivity index (χ2n) is 6.06. The van der Waals surface area contributed by atoms with Crippen molar-refractivity contribution in [3.63, 3.8) is 0 Å². The molecule has 2 heterocycles. The molecular weight excluding hydrogens is 256 g/mol. The number of morpholine rings is 1. The monoisotopic (exact) mass is 280 g/mol. The van der Waals surface area contributed by atoms with Gasteiger partial charge in [-0.3, -0.25) is 4.79 Å². The van der Waals surface area contributed by atoms with Gasteiger partial charge in [-0.05, 0) is 32.9 Å². The maximum atomic E-state index is 12.7. The van der Waals surface area contributed by atoms with Crippen LogP contribution in [0.5, 0.6) is 0 Å². The largest absolute Gasteiger partial charge is 0.382 e. The zero-order valence-corrected chi connectivity index (χ0v) is 13.0. The molecule has 0 bridgehead atoms. The van der Waals surface area contributed by atoms with Gasteiger partial charge in [0.1, 0.15) is 5.69 Å². The van der Waals surface area contributed by atoms with Gasteiger partial charge in [0.05, 0.1) is 18.3 Å². The van der Waals surface area contributed by atoms with Crippen LogP contribution in [0, 0.1) is 6.92 Å². The van der Waals surface area contributed by atoms with Crippen molar-refractivity contribution in [2.45, 2.75) is 32.5 Å². The molecule has 0 unspecified atom stereocenters. The molecule has 5 heteroatoms. The molecule has 112 valence electrons. The molecule has 1 aromatic rings. The van der Waals surface area contributed by atoms with Crippen molar-refractivity contribution >= 4 is 5.91 Å². The molecule has 0 saturated carbocycles. The normalized spacial score (nSPS) is 22.1. The van der Waals surface area contributed by atoms with Gasteiger partial charge in [0.15, 0.2) is 0 Å². The van der Waals surface area contributed by atoms with Crippen LogP contribution in [0.4, 0.5) is 0 Å². The third-order valence-electron chi connectivity index (χ3n) is 3.71. The van der Waals surface area contributed by atoms with Crippen molar-refractivity contribution in [1.82, 2.24) is 9.47 Å². The summed E-state index contributed by atoms with van der Waals surface area (Å²) in [4.78, 5) is 14.5. The first kappa shape index (κ1) is 15.1. The molecule has 1 saturated heterocycles. The predicted octanol–water partition coefficient (Wildman–Crippen LogP) is 1.60. The van der Waals surface area contributed by atoms with Gasteiger partial charge in [0.25, 0.3) is 5.91 Å². The summed E-state index contributed by atoms with van der Waals surface area (Å²) in [5, 5.41) is 0. The molecule has 1 aliphatic rings. The highest BCUT2D eigenvalue weighted by Gasteiger charge is 2.36. The number of rotatable bonds is 3. The first-order valence-electron chi connectivity index (χ1n) is 6.92. The standard InChI is InChI=1S/C15H24N2O3/c1-11-6-7-13(16(11)4)14(18)17-8-12(9-19-5)20-15(2,3)10-17/h6-7,12H,8-10H2,1-5H3/t12-/m0/s1. The SMILES string of the molecule is COC[C@@H]1CN(C(=O)c2ccc(C)n2C)CC(C)(C)O1. The van der Waals surface area contributed by atoms with Crippen molar-refractivity contribution in [2.75, 3.05) is 26.8 Å². The van der Waals surface area contributed by atoms with Crippen LogP contribution < -0.4 is 0 Å². The summed E-state index contributed by atoms with van der Waals surface area (Å²) in [7, 11) is 3.57. The Hall–Kier alpha value is -1.33. The molecule has 5 nitrogen and oxygen atoms in total. The molecule has 1 fully saturated rings. The van der Waals surface area contributed by atoms with E-state index in [9.17, 15) is 4.79 Å². The fraction of sp³-hybridized carbons (Fsp3) is 0.667. The average Bonchev–Trinajstić information content (AvgIpc) is 2.68. The molecule has 0 spiro atoms. The van der Waals surface area contributed by atoms with E-state index in [1.54, 1.807) is 7.11 Å². The molecular formula is C15H24N2O3. The van der Waals surface area contributed by atoms with Gasteiger partial charge in [0.2, 0.25) is 0 Å². The molecule has 1 atom stereocenters. The van der Waals surface area contributed by atoms with Gasteiger partial charge in [-0.25, -0.2) is 0 Å². The number of nitrogens with zero attached hydrogens (tertiary/aromatic N) is 2. The summed E-state index contributed by atoms with van der Waals surface area (Å²) in [6.45, 7) is 7.67. The van der Waals surface area contributed by atoms with Gasteiger partial charge < -0.3 is 18.9 Å². The van der Waals surface area contributed by atoms with Crippen LogP contribution in [0.2, 0.25) is 0 Å². The Morgan fingerprint density at radius 2 is 2.20 bits per heavy atom. The second kappa shape index (κ2) is 5.58. The minimum absolute atomic E-state index is 0.0538. The summed E-state index contributed by atoms with van der Waals surface area (Å²) in [5.74, 6) is 0.0538. The number of hydrogen-bond donors (Lipinski definition) is 0. The lowest BCUT2D eigenvalue weighted by atomic mass is 10.0. The van der Waals surface area contributed by atoms with Crippen molar-refractivity contribution < 1.29 is 14.3 Å². The maximum Gasteiger partial charge on any atom is 0.270 e. The summed E-state index contributed by atoms with van der Waals surface area (Å²) in [5.41, 5.74) is 1.45. The number of carbonyl (C=O) groups is 1. The number of methoxy groups -OCH3 is 1. The smallest absolute Gasteiger partial charge is 0.270 e. The summed E-state index contributed by atoms with van der Waals surface area (Å²) < 4.78 is 13.0. The van der Waals surface area contributed by atoms with Crippen LogP contribution in [0.25, 0.3) is 0 Å². The molecule has 0 radical (unpaired) electrons. The van der Waals surface area contributed by atoms with Crippen molar-refractivity contribution in [3.8, 4) is 0 Å². The first-order chi connectivity index (χ1) is 9.34. The Morgan fingerprint density at radius 3 is 2.75 bits per heavy atom. The highest BCUT2D eigenvalue weighted by atomic mass is 16.5. The molecule has 2 rings (SSSR count). The maximum absolute atomic E-state index is 12.7. The number of aryl methyl sites for hydroxylation is 1. The van der Waals surface area contributed by atoms with Gasteiger partial charge in [0, 0.05) is 32.9 Å². The topological polar surface area (TPSA) is 43.7 Å². The number of carbonyl (C=O) groups excluding carboxylic acids is 1. The van der Waals surface area contributed by atoms with Crippen LogP contribution in [0.15, 0.2) is 12.1 Å². The third kappa shape index (κ3) is 3.04. The lowest BCUT2D eigenvalue weighted by molar-refractivity contribution is -0.143. The fourth-order valence-electron chi connectivity index (χ4n) is 2.71. The van der Waals surface area contributed by atoms with Crippen LogP contribution in [-0.2, 0) is 16.5 Å². The van der Waals surface area contributed by atoms with E-state index in [0.29, 0.717) is 19.7 Å². The lowest BCUT2D eigenvalue weighted by Crippen LogP contribution is -2.55. The van der Waals surface area contributed by atoms with Crippen molar-refractivity contribution in [1.29, 1.82) is 0 Å². The summed E-state index contributed by atoms with van der Waals surface area (Å²) >= 11 is 0. The van der Waals surface area contributed by atoms with E-state index in [2.05, 4.69) is 0 Å². The molecule has 1 aliphatic heterocycles. The number of amides is 1. The Labute approximate surface area is 120 Å². The van der Waals surface area contributed by atoms with Crippen molar-refractivity contribution in [3.05, 3.63) is 23.5 Å². The van der Waals surface area contributed by atoms with Gasteiger partial charge in [-0.1, -0.05) is 0 Å². The van der Waals surface area contributed by atoms with Gasteiger partial charge >= 0.3 is 0 Å². The van der Waals surface area contributed by atoms with E-state index in [0.717, 1.165) is 11.4 Å².